The van der Waals surface area contributed by atoms with Gasteiger partial charge in [-0.05, 0) is 48.7 Å². The van der Waals surface area contributed by atoms with E-state index < -0.39 is 39.0 Å². The van der Waals surface area contributed by atoms with Crippen LogP contribution in [0.25, 0.3) is 16.7 Å². The highest BCUT2D eigenvalue weighted by atomic mass is 79.9. The molecule has 0 radical (unpaired) electrons. The van der Waals surface area contributed by atoms with Crippen molar-refractivity contribution in [3.63, 3.8) is 0 Å². The van der Waals surface area contributed by atoms with Crippen molar-refractivity contribution in [2.45, 2.75) is 53.5 Å². The Balaban J connectivity index is 1.60. The molecule has 1 N–H and O–H groups in total. The molecule has 0 unspecified atom stereocenters. The van der Waals surface area contributed by atoms with E-state index in [0.717, 1.165) is 48.2 Å². The molecule has 2 aromatic carbocycles. The molecule has 2 aliphatic rings. The van der Waals surface area contributed by atoms with Crippen molar-refractivity contribution in [3.8, 4) is 11.4 Å². The normalized spacial score (nSPS) is 16.2. The third-order valence-corrected chi connectivity index (χ3v) is 8.96. The van der Waals surface area contributed by atoms with Crippen LogP contribution in [-0.4, -0.2) is 9.67 Å². The summed E-state index contributed by atoms with van der Waals surface area (Å²) in [6.45, 7) is 0. The highest BCUT2D eigenvalue weighted by molar-refractivity contribution is 9.10. The zero-order chi connectivity index (χ0) is 26.1. The highest BCUT2D eigenvalue weighted by Gasteiger charge is 2.46. The molecule has 4 aromatic rings. The van der Waals surface area contributed by atoms with Crippen LogP contribution < -0.4 is 11.2 Å². The van der Waals surface area contributed by atoms with Crippen LogP contribution >= 0.6 is 27.7 Å². The number of aromatic hydroxyl groups is 1. The zero-order valence-corrected chi connectivity index (χ0v) is 21.6. The third kappa shape index (κ3) is 3.67. The SMILES string of the molecule is O=c1oc2cc3n(c(=O)c2c(O)c1Sc1ccccc1C(F)(F)F)-c1ccc(Br)cc1C31CCCCC1. The van der Waals surface area contributed by atoms with E-state index in [0.29, 0.717) is 23.1 Å². The van der Waals surface area contributed by atoms with Crippen molar-refractivity contribution in [1.82, 2.24) is 4.57 Å². The van der Waals surface area contributed by atoms with Crippen LogP contribution in [0.2, 0.25) is 0 Å². The predicted molar refractivity (Wildman–Crippen MR) is 137 cm³/mol. The molecule has 1 fully saturated rings. The van der Waals surface area contributed by atoms with Gasteiger partial charge < -0.3 is 9.52 Å². The number of hydrogen-bond acceptors (Lipinski definition) is 5. The maximum absolute atomic E-state index is 13.9. The number of fused-ring (bicyclic) bond motifs is 6. The largest absolute Gasteiger partial charge is 0.505 e. The summed E-state index contributed by atoms with van der Waals surface area (Å²) >= 11 is 3.96. The van der Waals surface area contributed by atoms with Gasteiger partial charge in [0.15, 0.2) is 5.75 Å². The van der Waals surface area contributed by atoms with Crippen LogP contribution in [0.5, 0.6) is 5.75 Å². The van der Waals surface area contributed by atoms with Gasteiger partial charge in [0.25, 0.3) is 5.56 Å². The Morgan fingerprint density at radius 1 is 1.03 bits per heavy atom. The molecule has 10 heteroatoms. The molecule has 1 spiro atoms. The van der Waals surface area contributed by atoms with Gasteiger partial charge in [0, 0.05) is 26.5 Å². The zero-order valence-electron chi connectivity index (χ0n) is 19.2. The van der Waals surface area contributed by atoms with Crippen LogP contribution in [0.1, 0.15) is 48.9 Å². The summed E-state index contributed by atoms with van der Waals surface area (Å²) in [7, 11) is 0. The van der Waals surface area contributed by atoms with E-state index in [1.54, 1.807) is 10.6 Å². The van der Waals surface area contributed by atoms with Crippen molar-refractivity contribution in [2.75, 3.05) is 0 Å². The van der Waals surface area contributed by atoms with Gasteiger partial charge >= 0.3 is 11.8 Å². The van der Waals surface area contributed by atoms with Crippen molar-refractivity contribution in [3.05, 3.63) is 90.6 Å². The minimum atomic E-state index is -4.66. The second kappa shape index (κ2) is 8.52. The van der Waals surface area contributed by atoms with E-state index in [2.05, 4.69) is 15.9 Å². The minimum absolute atomic E-state index is 0.0796. The highest BCUT2D eigenvalue weighted by Crippen LogP contribution is 2.52. The smallest absolute Gasteiger partial charge is 0.417 e. The number of benzene rings is 2. The lowest BCUT2D eigenvalue weighted by Crippen LogP contribution is -2.31. The van der Waals surface area contributed by atoms with Gasteiger partial charge in [-0.1, -0.05) is 59.1 Å². The van der Waals surface area contributed by atoms with Crippen LogP contribution in [0.4, 0.5) is 13.2 Å². The summed E-state index contributed by atoms with van der Waals surface area (Å²) < 4.78 is 48.5. The monoisotopic (exact) mass is 589 g/mol. The van der Waals surface area contributed by atoms with Crippen molar-refractivity contribution < 1.29 is 22.7 Å². The van der Waals surface area contributed by atoms with Gasteiger partial charge in [0.1, 0.15) is 15.9 Å². The van der Waals surface area contributed by atoms with Crippen LogP contribution in [0.3, 0.4) is 0 Å². The minimum Gasteiger partial charge on any atom is -0.505 e. The lowest BCUT2D eigenvalue weighted by Gasteiger charge is -2.34. The maximum Gasteiger partial charge on any atom is 0.417 e. The van der Waals surface area contributed by atoms with Crippen LogP contribution in [-0.2, 0) is 11.6 Å². The lowest BCUT2D eigenvalue weighted by molar-refractivity contribution is -0.139. The quantitative estimate of drug-likeness (QED) is 0.269. The second-order valence-corrected chi connectivity index (χ2v) is 11.3. The molecule has 5 nitrogen and oxygen atoms in total. The Bertz CT molecular complexity index is 1700. The first-order valence-corrected chi connectivity index (χ1v) is 13.3. The summed E-state index contributed by atoms with van der Waals surface area (Å²) in [5, 5.41) is 10.9. The standard InChI is InChI=1S/C27H19BrF3NO4S/c28-14-8-9-17-16(12-14)26(10-4-1-5-11-26)20-13-18-21(24(34)32(17)20)22(33)23(25(35)36-18)37-19-7-3-2-6-15(19)27(29,30)31/h2-3,6-9,12-13,33H,1,4-5,10-11H2. The molecule has 6 rings (SSSR count). The van der Waals surface area contributed by atoms with E-state index in [-0.39, 0.29) is 15.9 Å². The summed E-state index contributed by atoms with van der Waals surface area (Å²) in [6.07, 6.45) is 0.00433. The average molecular weight is 590 g/mol. The van der Waals surface area contributed by atoms with E-state index in [1.165, 1.54) is 18.2 Å². The summed E-state index contributed by atoms with van der Waals surface area (Å²) in [4.78, 5) is 26.1. The number of alkyl halides is 3. The molecular weight excluding hydrogens is 571 g/mol. The Morgan fingerprint density at radius 3 is 2.49 bits per heavy atom. The van der Waals surface area contributed by atoms with Gasteiger partial charge in [-0.15, -0.1) is 0 Å². The van der Waals surface area contributed by atoms with E-state index in [9.17, 15) is 27.9 Å². The van der Waals surface area contributed by atoms with Gasteiger partial charge in [-0.25, -0.2) is 4.79 Å². The topological polar surface area (TPSA) is 72.4 Å². The Kier molecular flexibility index (Phi) is 5.61. The van der Waals surface area contributed by atoms with E-state index in [1.807, 2.05) is 18.2 Å². The summed E-state index contributed by atoms with van der Waals surface area (Å²) in [5.74, 6) is -0.684. The first kappa shape index (κ1) is 24.4. The number of rotatable bonds is 2. The van der Waals surface area contributed by atoms with E-state index in [4.69, 9.17) is 4.42 Å². The fourth-order valence-corrected chi connectivity index (χ4v) is 7.07. The Labute approximate surface area is 221 Å². The molecule has 0 amide bonds. The Hall–Kier alpha value is -2.98. The molecule has 190 valence electrons. The lowest BCUT2D eigenvalue weighted by atomic mass is 9.68. The van der Waals surface area contributed by atoms with Crippen LogP contribution in [0.15, 0.2) is 76.8 Å². The summed E-state index contributed by atoms with van der Waals surface area (Å²) in [5.41, 5.74) is -0.676. The molecule has 0 bridgehead atoms. The third-order valence-electron chi connectivity index (χ3n) is 7.33. The second-order valence-electron chi connectivity index (χ2n) is 9.38. The maximum atomic E-state index is 13.9. The van der Waals surface area contributed by atoms with Gasteiger partial charge in [0.2, 0.25) is 0 Å². The number of hydrogen-bond donors (Lipinski definition) is 1. The predicted octanol–water partition coefficient (Wildman–Crippen LogP) is 7.15. The Morgan fingerprint density at radius 2 is 1.76 bits per heavy atom. The molecule has 0 atom stereocenters. The number of halogens is 4. The average Bonchev–Trinajstić information content (AvgIpc) is 3.10. The molecule has 2 aromatic heterocycles. The van der Waals surface area contributed by atoms with Gasteiger partial charge in [-0.2, -0.15) is 13.2 Å². The number of nitrogens with zero attached hydrogens (tertiary/aromatic N) is 1. The molecule has 1 saturated carbocycles. The molecule has 1 aliphatic heterocycles. The molecular formula is C27H19BrF3NO4S. The summed E-state index contributed by atoms with van der Waals surface area (Å²) in [6, 6.07) is 12.0. The first-order chi connectivity index (χ1) is 17.6. The fraction of sp³-hybridized carbons (Fsp3) is 0.259. The number of aromatic nitrogens is 1. The van der Waals surface area contributed by atoms with Gasteiger partial charge in [-0.3, -0.25) is 9.36 Å². The molecule has 0 saturated heterocycles. The molecule has 1 aliphatic carbocycles. The number of pyridine rings is 1. The van der Waals surface area contributed by atoms with Crippen LogP contribution in [0, 0.1) is 0 Å². The van der Waals surface area contributed by atoms with Crippen molar-refractivity contribution in [2.24, 2.45) is 0 Å². The first-order valence-electron chi connectivity index (χ1n) is 11.7. The van der Waals surface area contributed by atoms with Crippen molar-refractivity contribution >= 4 is 38.7 Å². The van der Waals surface area contributed by atoms with Crippen molar-refractivity contribution in [1.29, 1.82) is 0 Å². The fourth-order valence-electron chi connectivity index (χ4n) is 5.73. The van der Waals surface area contributed by atoms with Gasteiger partial charge in [0.05, 0.1) is 11.3 Å². The molecule has 3 heterocycles. The molecule has 37 heavy (non-hydrogen) atoms. The van der Waals surface area contributed by atoms with E-state index >= 15 is 0 Å².